The molecule has 0 spiro atoms. The number of hydrogen-bond donors (Lipinski definition) is 0. The number of rotatable bonds is 2. The van der Waals surface area contributed by atoms with Crippen molar-refractivity contribution in [2.45, 2.75) is 24.5 Å². The van der Waals surface area contributed by atoms with Gasteiger partial charge in [0.2, 0.25) is 0 Å². The average molecular weight is 234 g/mol. The maximum atomic E-state index is 5.68. The summed E-state index contributed by atoms with van der Waals surface area (Å²) in [5.74, 6) is 0. The van der Waals surface area contributed by atoms with E-state index in [1.165, 1.54) is 19.3 Å². The summed E-state index contributed by atoms with van der Waals surface area (Å²) in [7, 11) is 0. The van der Waals surface area contributed by atoms with Gasteiger partial charge in [-0.3, -0.25) is 0 Å². The topological polar surface area (TPSA) is 29.3 Å². The zero-order valence-electron chi connectivity index (χ0n) is 9.06. The fraction of sp³-hybridized carbons (Fsp3) is 0.417. The van der Waals surface area contributed by atoms with E-state index < -0.39 is 0 Å². The van der Waals surface area contributed by atoms with Crippen molar-refractivity contribution >= 4 is 23.0 Å². The Hall–Kier alpha value is -1.00. The summed E-state index contributed by atoms with van der Waals surface area (Å²) in [5.41, 5.74) is 1.82. The van der Waals surface area contributed by atoms with E-state index >= 15 is 0 Å². The molecule has 0 saturated carbocycles. The van der Waals surface area contributed by atoms with Gasteiger partial charge < -0.3 is 4.42 Å². The van der Waals surface area contributed by atoms with Crippen LogP contribution in [0.15, 0.2) is 33.9 Å². The molecule has 0 bridgehead atoms. The summed E-state index contributed by atoms with van der Waals surface area (Å²) in [6.07, 6.45) is 3.92. The van der Waals surface area contributed by atoms with Gasteiger partial charge in [0.1, 0.15) is 5.52 Å². The molecule has 1 fully saturated rings. The van der Waals surface area contributed by atoms with Gasteiger partial charge in [-0.2, -0.15) is 0 Å². The van der Waals surface area contributed by atoms with Crippen LogP contribution in [-0.2, 0) is 0 Å². The van der Waals surface area contributed by atoms with E-state index in [0.717, 1.165) is 29.4 Å². The van der Waals surface area contributed by atoms with Crippen molar-refractivity contribution in [2.75, 3.05) is 13.1 Å². The van der Waals surface area contributed by atoms with E-state index in [1.54, 1.807) is 11.9 Å². The summed E-state index contributed by atoms with van der Waals surface area (Å²) in [4.78, 5) is 4.46. The second kappa shape index (κ2) is 4.47. The molecule has 0 radical (unpaired) electrons. The van der Waals surface area contributed by atoms with Crippen LogP contribution in [0.2, 0.25) is 0 Å². The monoisotopic (exact) mass is 234 g/mol. The molecule has 0 amide bonds. The van der Waals surface area contributed by atoms with Crippen molar-refractivity contribution in [3.63, 3.8) is 0 Å². The summed E-state index contributed by atoms with van der Waals surface area (Å²) < 4.78 is 8.02. The predicted octanol–water partition coefficient (Wildman–Crippen LogP) is 3.32. The minimum Gasteiger partial charge on any atom is -0.430 e. The third-order valence-corrected chi connectivity index (χ3v) is 3.75. The molecule has 2 heterocycles. The van der Waals surface area contributed by atoms with Gasteiger partial charge in [0.05, 0.1) is 0 Å². The van der Waals surface area contributed by atoms with Crippen LogP contribution in [-0.4, -0.2) is 22.4 Å². The quantitative estimate of drug-likeness (QED) is 0.745. The van der Waals surface area contributed by atoms with Crippen molar-refractivity contribution in [3.8, 4) is 0 Å². The lowest BCUT2D eigenvalue weighted by atomic mass is 10.2. The first-order valence-corrected chi connectivity index (χ1v) is 6.48. The number of benzene rings is 1. The SMILES string of the molecule is c1ccc2oc(SN3CCCCC3)nc2c1. The molecule has 1 aliphatic heterocycles. The molecule has 1 saturated heterocycles. The molecule has 0 unspecified atom stereocenters. The zero-order valence-corrected chi connectivity index (χ0v) is 9.87. The predicted molar refractivity (Wildman–Crippen MR) is 65.3 cm³/mol. The van der Waals surface area contributed by atoms with Gasteiger partial charge >= 0.3 is 0 Å². The zero-order chi connectivity index (χ0) is 10.8. The Kier molecular flexibility index (Phi) is 2.84. The fourth-order valence-corrected chi connectivity index (χ4v) is 2.88. The highest BCUT2D eigenvalue weighted by atomic mass is 32.2. The Morgan fingerprint density at radius 3 is 2.75 bits per heavy atom. The van der Waals surface area contributed by atoms with Crippen LogP contribution in [0.25, 0.3) is 11.1 Å². The molecule has 84 valence electrons. The highest BCUT2D eigenvalue weighted by Gasteiger charge is 2.14. The maximum Gasteiger partial charge on any atom is 0.272 e. The van der Waals surface area contributed by atoms with E-state index in [2.05, 4.69) is 9.29 Å². The first kappa shape index (κ1) is 10.2. The van der Waals surface area contributed by atoms with Crippen LogP contribution < -0.4 is 0 Å². The number of oxazole rings is 1. The van der Waals surface area contributed by atoms with E-state index in [-0.39, 0.29) is 0 Å². The van der Waals surface area contributed by atoms with E-state index in [0.29, 0.717) is 0 Å². The maximum absolute atomic E-state index is 5.68. The lowest BCUT2D eigenvalue weighted by molar-refractivity contribution is 0.372. The third kappa shape index (κ3) is 2.08. The van der Waals surface area contributed by atoms with Crippen LogP contribution in [0.4, 0.5) is 0 Å². The van der Waals surface area contributed by atoms with Crippen LogP contribution >= 0.6 is 11.9 Å². The van der Waals surface area contributed by atoms with Crippen LogP contribution in [0.1, 0.15) is 19.3 Å². The normalized spacial score (nSPS) is 18.0. The van der Waals surface area contributed by atoms with Crippen LogP contribution in [0.3, 0.4) is 0 Å². The molecule has 0 atom stereocenters. The van der Waals surface area contributed by atoms with Crippen molar-refractivity contribution in [1.82, 2.24) is 9.29 Å². The summed E-state index contributed by atoms with van der Waals surface area (Å²) >= 11 is 1.65. The van der Waals surface area contributed by atoms with E-state index in [1.807, 2.05) is 24.3 Å². The molecule has 16 heavy (non-hydrogen) atoms. The Labute approximate surface area is 99.0 Å². The molecule has 0 aliphatic carbocycles. The number of hydrogen-bond acceptors (Lipinski definition) is 4. The van der Waals surface area contributed by atoms with Crippen molar-refractivity contribution < 1.29 is 4.42 Å². The third-order valence-electron chi connectivity index (χ3n) is 2.80. The largest absolute Gasteiger partial charge is 0.430 e. The molecule has 0 N–H and O–H groups in total. The number of aromatic nitrogens is 1. The average Bonchev–Trinajstić information content (AvgIpc) is 2.72. The Morgan fingerprint density at radius 1 is 1.12 bits per heavy atom. The minimum atomic E-state index is 0.767. The van der Waals surface area contributed by atoms with Crippen molar-refractivity contribution in [2.24, 2.45) is 0 Å². The molecule has 1 aromatic heterocycles. The Balaban J connectivity index is 1.78. The lowest BCUT2D eigenvalue weighted by Gasteiger charge is -2.23. The number of fused-ring (bicyclic) bond motifs is 1. The molecule has 3 rings (SSSR count). The second-order valence-electron chi connectivity index (χ2n) is 4.03. The molecule has 1 aliphatic rings. The van der Waals surface area contributed by atoms with Gasteiger partial charge in [0.25, 0.3) is 5.22 Å². The molecular formula is C12H14N2OS. The van der Waals surface area contributed by atoms with Gasteiger partial charge in [-0.1, -0.05) is 18.6 Å². The number of piperidine rings is 1. The lowest BCUT2D eigenvalue weighted by Crippen LogP contribution is -2.22. The van der Waals surface area contributed by atoms with Gasteiger partial charge in [0, 0.05) is 25.0 Å². The highest BCUT2D eigenvalue weighted by Crippen LogP contribution is 2.28. The molecule has 4 heteroatoms. The summed E-state index contributed by atoms with van der Waals surface area (Å²) in [6, 6.07) is 7.91. The Bertz CT molecular complexity index is 444. The number of para-hydroxylation sites is 2. The van der Waals surface area contributed by atoms with E-state index in [9.17, 15) is 0 Å². The van der Waals surface area contributed by atoms with Gasteiger partial charge in [0.15, 0.2) is 5.58 Å². The second-order valence-corrected chi connectivity index (χ2v) is 5.08. The fourth-order valence-electron chi connectivity index (χ4n) is 1.96. The summed E-state index contributed by atoms with van der Waals surface area (Å²) in [6.45, 7) is 2.28. The molecular weight excluding hydrogens is 220 g/mol. The minimum absolute atomic E-state index is 0.767. The first-order chi connectivity index (χ1) is 7.92. The van der Waals surface area contributed by atoms with E-state index in [4.69, 9.17) is 4.42 Å². The molecule has 2 aromatic rings. The first-order valence-electron chi connectivity index (χ1n) is 5.70. The molecule has 3 nitrogen and oxygen atoms in total. The summed E-state index contributed by atoms with van der Waals surface area (Å²) in [5, 5.41) is 0.767. The van der Waals surface area contributed by atoms with Crippen LogP contribution in [0.5, 0.6) is 0 Å². The Morgan fingerprint density at radius 2 is 1.94 bits per heavy atom. The van der Waals surface area contributed by atoms with Gasteiger partial charge in [-0.15, -0.1) is 0 Å². The van der Waals surface area contributed by atoms with Crippen molar-refractivity contribution in [1.29, 1.82) is 0 Å². The van der Waals surface area contributed by atoms with Gasteiger partial charge in [-0.25, -0.2) is 9.29 Å². The van der Waals surface area contributed by atoms with Crippen molar-refractivity contribution in [3.05, 3.63) is 24.3 Å². The standard InChI is InChI=1S/C12H14N2OS/c1-4-8-14(9-5-1)16-12-13-10-6-2-3-7-11(10)15-12/h2-3,6-7H,1,4-5,8-9H2. The number of nitrogens with zero attached hydrogens (tertiary/aromatic N) is 2. The van der Waals surface area contributed by atoms with Gasteiger partial charge in [-0.05, 0) is 25.0 Å². The van der Waals surface area contributed by atoms with Crippen LogP contribution in [0, 0.1) is 0 Å². The smallest absolute Gasteiger partial charge is 0.272 e. The molecule has 1 aromatic carbocycles. The highest BCUT2D eigenvalue weighted by molar-refractivity contribution is 7.96.